The minimum absolute atomic E-state index is 0.00289. The average Bonchev–Trinajstić information content (AvgIpc) is 2.50. The standard InChI is InChI=1S/C16H21N3O3/c1-10-2-4-11(5-3-10)17-16(21)18-12-6-7-13-14(8-12)22-9-15(20)19-13/h6-8,10-11H,2-5,9H2,1H3,(H,19,20)(H2,17,18,21). The van der Waals surface area contributed by atoms with Gasteiger partial charge in [-0.15, -0.1) is 0 Å². The molecule has 1 aromatic rings. The van der Waals surface area contributed by atoms with Crippen LogP contribution in [0.5, 0.6) is 5.75 Å². The summed E-state index contributed by atoms with van der Waals surface area (Å²) < 4.78 is 5.34. The topological polar surface area (TPSA) is 79.5 Å². The zero-order valence-corrected chi connectivity index (χ0v) is 12.6. The van der Waals surface area contributed by atoms with Crippen molar-refractivity contribution in [3.05, 3.63) is 18.2 Å². The predicted molar refractivity (Wildman–Crippen MR) is 84.1 cm³/mol. The first-order chi connectivity index (χ1) is 10.6. The van der Waals surface area contributed by atoms with Crippen LogP contribution >= 0.6 is 0 Å². The van der Waals surface area contributed by atoms with Gasteiger partial charge in [0, 0.05) is 17.8 Å². The highest BCUT2D eigenvalue weighted by Gasteiger charge is 2.20. The highest BCUT2D eigenvalue weighted by atomic mass is 16.5. The van der Waals surface area contributed by atoms with Gasteiger partial charge in [-0.1, -0.05) is 6.92 Å². The maximum absolute atomic E-state index is 12.0. The Morgan fingerprint density at radius 2 is 2.05 bits per heavy atom. The van der Waals surface area contributed by atoms with Gasteiger partial charge in [-0.2, -0.15) is 0 Å². The van der Waals surface area contributed by atoms with Gasteiger partial charge in [0.25, 0.3) is 5.91 Å². The molecular weight excluding hydrogens is 282 g/mol. The van der Waals surface area contributed by atoms with Crippen LogP contribution in [0.4, 0.5) is 16.2 Å². The molecule has 0 spiro atoms. The van der Waals surface area contributed by atoms with Gasteiger partial charge >= 0.3 is 6.03 Å². The van der Waals surface area contributed by atoms with Crippen molar-refractivity contribution in [1.82, 2.24) is 5.32 Å². The lowest BCUT2D eigenvalue weighted by molar-refractivity contribution is -0.118. The Morgan fingerprint density at radius 3 is 2.82 bits per heavy atom. The van der Waals surface area contributed by atoms with Crippen molar-refractivity contribution in [3.8, 4) is 5.75 Å². The molecule has 0 aromatic heterocycles. The number of hydrogen-bond acceptors (Lipinski definition) is 3. The first-order valence-corrected chi connectivity index (χ1v) is 7.74. The van der Waals surface area contributed by atoms with E-state index in [4.69, 9.17) is 4.74 Å². The van der Waals surface area contributed by atoms with E-state index in [-0.39, 0.29) is 24.6 Å². The number of amides is 3. The van der Waals surface area contributed by atoms with E-state index in [2.05, 4.69) is 22.9 Å². The molecule has 0 saturated heterocycles. The third-order valence-electron chi connectivity index (χ3n) is 4.22. The SMILES string of the molecule is CC1CCC(NC(=O)Nc2ccc3c(c2)OCC(=O)N3)CC1. The van der Waals surface area contributed by atoms with Crippen LogP contribution in [0.2, 0.25) is 0 Å². The number of hydrogen-bond donors (Lipinski definition) is 3. The number of ether oxygens (including phenoxy) is 1. The second-order valence-corrected chi connectivity index (χ2v) is 6.10. The molecule has 1 saturated carbocycles. The molecular formula is C16H21N3O3. The Kier molecular flexibility index (Phi) is 4.18. The molecule has 0 bridgehead atoms. The van der Waals surface area contributed by atoms with Crippen LogP contribution in [-0.4, -0.2) is 24.6 Å². The van der Waals surface area contributed by atoms with Gasteiger partial charge in [0.1, 0.15) is 5.75 Å². The van der Waals surface area contributed by atoms with E-state index in [1.165, 1.54) is 0 Å². The van der Waals surface area contributed by atoms with Crippen LogP contribution in [0.15, 0.2) is 18.2 Å². The fourth-order valence-electron chi connectivity index (χ4n) is 2.91. The zero-order valence-electron chi connectivity index (χ0n) is 12.6. The molecule has 1 aliphatic heterocycles. The third-order valence-corrected chi connectivity index (χ3v) is 4.22. The summed E-state index contributed by atoms with van der Waals surface area (Å²) in [6.07, 6.45) is 4.40. The quantitative estimate of drug-likeness (QED) is 0.786. The molecule has 0 unspecified atom stereocenters. The van der Waals surface area contributed by atoms with Crippen molar-refractivity contribution in [2.24, 2.45) is 5.92 Å². The molecule has 0 atom stereocenters. The molecule has 1 aromatic carbocycles. The van der Waals surface area contributed by atoms with Crippen LogP contribution in [0.1, 0.15) is 32.6 Å². The van der Waals surface area contributed by atoms with E-state index >= 15 is 0 Å². The predicted octanol–water partition coefficient (Wildman–Crippen LogP) is 2.72. The first-order valence-electron chi connectivity index (χ1n) is 7.74. The van der Waals surface area contributed by atoms with Crippen molar-refractivity contribution in [1.29, 1.82) is 0 Å². The Labute approximate surface area is 129 Å². The fourth-order valence-corrected chi connectivity index (χ4v) is 2.91. The Hall–Kier alpha value is -2.24. The molecule has 118 valence electrons. The highest BCUT2D eigenvalue weighted by molar-refractivity contribution is 5.96. The number of nitrogens with one attached hydrogen (secondary N) is 3. The van der Waals surface area contributed by atoms with Gasteiger partial charge in [0.15, 0.2) is 6.61 Å². The second-order valence-electron chi connectivity index (χ2n) is 6.10. The van der Waals surface area contributed by atoms with Crippen LogP contribution < -0.4 is 20.7 Å². The zero-order chi connectivity index (χ0) is 15.5. The fraction of sp³-hybridized carbons (Fsp3) is 0.500. The lowest BCUT2D eigenvalue weighted by Crippen LogP contribution is -2.39. The van der Waals surface area contributed by atoms with Crippen LogP contribution in [0.25, 0.3) is 0 Å². The molecule has 3 amide bonds. The number of urea groups is 1. The smallest absolute Gasteiger partial charge is 0.319 e. The minimum atomic E-state index is -0.195. The summed E-state index contributed by atoms with van der Waals surface area (Å²) in [4.78, 5) is 23.3. The molecule has 3 N–H and O–H groups in total. The number of anilines is 2. The summed E-state index contributed by atoms with van der Waals surface area (Å²) in [5.74, 6) is 1.16. The van der Waals surface area contributed by atoms with E-state index < -0.39 is 0 Å². The van der Waals surface area contributed by atoms with E-state index in [0.717, 1.165) is 31.6 Å². The Bertz CT molecular complexity index is 580. The van der Waals surface area contributed by atoms with E-state index in [9.17, 15) is 9.59 Å². The molecule has 0 radical (unpaired) electrons. The van der Waals surface area contributed by atoms with Crippen molar-refractivity contribution >= 4 is 23.3 Å². The van der Waals surface area contributed by atoms with Crippen LogP contribution in [0.3, 0.4) is 0 Å². The summed E-state index contributed by atoms with van der Waals surface area (Å²) in [5.41, 5.74) is 1.28. The minimum Gasteiger partial charge on any atom is -0.482 e. The van der Waals surface area contributed by atoms with Gasteiger partial charge in [-0.3, -0.25) is 4.79 Å². The van der Waals surface area contributed by atoms with E-state index in [1.807, 2.05) is 0 Å². The van der Waals surface area contributed by atoms with Gasteiger partial charge in [-0.05, 0) is 43.7 Å². The molecule has 1 aliphatic carbocycles. The van der Waals surface area contributed by atoms with E-state index in [1.54, 1.807) is 18.2 Å². The highest BCUT2D eigenvalue weighted by Crippen LogP contribution is 2.30. The largest absolute Gasteiger partial charge is 0.482 e. The van der Waals surface area contributed by atoms with Crippen LogP contribution in [0, 0.1) is 5.92 Å². The van der Waals surface area contributed by atoms with Crippen molar-refractivity contribution in [3.63, 3.8) is 0 Å². The molecule has 2 aliphatic rings. The normalized spacial score (nSPS) is 23.8. The molecule has 3 rings (SSSR count). The first kappa shape index (κ1) is 14.7. The summed E-state index contributed by atoms with van der Waals surface area (Å²) in [6, 6.07) is 5.25. The van der Waals surface area contributed by atoms with E-state index in [0.29, 0.717) is 17.1 Å². The van der Waals surface area contributed by atoms with Crippen molar-refractivity contribution in [2.75, 3.05) is 17.2 Å². The number of carbonyl (C=O) groups excluding carboxylic acids is 2. The number of fused-ring (bicyclic) bond motifs is 1. The molecule has 1 fully saturated rings. The van der Waals surface area contributed by atoms with Gasteiger partial charge in [0.2, 0.25) is 0 Å². The van der Waals surface area contributed by atoms with Crippen molar-refractivity contribution in [2.45, 2.75) is 38.6 Å². The summed E-state index contributed by atoms with van der Waals surface area (Å²) in [6.45, 7) is 2.26. The summed E-state index contributed by atoms with van der Waals surface area (Å²) in [5, 5.41) is 8.55. The molecule has 1 heterocycles. The maximum atomic E-state index is 12.0. The maximum Gasteiger partial charge on any atom is 0.319 e. The summed E-state index contributed by atoms with van der Waals surface area (Å²) in [7, 11) is 0. The average molecular weight is 303 g/mol. The van der Waals surface area contributed by atoms with Crippen molar-refractivity contribution < 1.29 is 14.3 Å². The second kappa shape index (κ2) is 6.25. The Balaban J connectivity index is 1.56. The lowest BCUT2D eigenvalue weighted by atomic mass is 9.87. The van der Waals surface area contributed by atoms with Gasteiger partial charge < -0.3 is 20.7 Å². The van der Waals surface area contributed by atoms with Crippen LogP contribution in [-0.2, 0) is 4.79 Å². The third kappa shape index (κ3) is 3.50. The molecule has 6 nitrogen and oxygen atoms in total. The summed E-state index contributed by atoms with van der Waals surface area (Å²) >= 11 is 0. The molecule has 22 heavy (non-hydrogen) atoms. The van der Waals surface area contributed by atoms with Gasteiger partial charge in [-0.25, -0.2) is 4.79 Å². The number of carbonyl (C=O) groups is 2. The number of benzene rings is 1. The lowest BCUT2D eigenvalue weighted by Gasteiger charge is -2.27. The van der Waals surface area contributed by atoms with Gasteiger partial charge in [0.05, 0.1) is 5.69 Å². The number of rotatable bonds is 2. The monoisotopic (exact) mass is 303 g/mol. The molecule has 6 heteroatoms. The Morgan fingerprint density at radius 1 is 1.27 bits per heavy atom.